The van der Waals surface area contributed by atoms with Crippen molar-refractivity contribution in [2.45, 2.75) is 6.92 Å². The molecule has 1 aliphatic rings. The fourth-order valence-corrected chi connectivity index (χ4v) is 1.61. The molecule has 74 valence electrons. The van der Waals surface area contributed by atoms with Crippen molar-refractivity contribution < 1.29 is 4.74 Å². The number of benzene rings is 1. The summed E-state index contributed by atoms with van der Waals surface area (Å²) in [7, 11) is 0. The normalized spacial score (nSPS) is 14.6. The number of fused-ring (bicyclic) bond motifs is 1. The summed E-state index contributed by atoms with van der Waals surface area (Å²) in [4.78, 5) is 3.94. The first-order valence-electron chi connectivity index (χ1n) is 4.49. The number of hydrogen-bond donors (Lipinski definition) is 1. The number of nitrogens with two attached hydrogens (primary N) is 1. The fraction of sp³-hybridized carbons (Fsp3) is 0.300. The van der Waals surface area contributed by atoms with Crippen LogP contribution in [0.5, 0.6) is 5.75 Å². The minimum Gasteiger partial charge on any atom is -0.489 e. The van der Waals surface area contributed by atoms with Crippen LogP contribution in [0.4, 0.5) is 11.4 Å². The van der Waals surface area contributed by atoms with E-state index in [2.05, 4.69) is 11.7 Å². The van der Waals surface area contributed by atoms with Gasteiger partial charge in [0.25, 0.3) is 0 Å². The number of hydrogen-bond acceptors (Lipinski definition) is 4. The van der Waals surface area contributed by atoms with Gasteiger partial charge in [0.2, 0.25) is 0 Å². The fourth-order valence-electron chi connectivity index (χ4n) is 1.61. The first-order valence-corrected chi connectivity index (χ1v) is 4.49. The molecule has 0 fully saturated rings. The predicted molar refractivity (Wildman–Crippen MR) is 57.4 cm³/mol. The van der Waals surface area contributed by atoms with E-state index >= 15 is 0 Å². The molecule has 14 heavy (non-hydrogen) atoms. The number of aryl methyl sites for hydroxylation is 1. The van der Waals surface area contributed by atoms with Gasteiger partial charge in [0.1, 0.15) is 18.0 Å². The largest absolute Gasteiger partial charge is 0.489 e. The van der Waals surface area contributed by atoms with Crippen LogP contribution in [0.1, 0.15) is 5.56 Å². The molecule has 0 radical (unpaired) electrons. The molecule has 0 spiro atoms. The average molecular weight is 191 g/mol. The first-order chi connectivity index (χ1) is 6.72. The van der Waals surface area contributed by atoms with Crippen LogP contribution in [-0.2, 0) is 0 Å². The molecule has 0 amide bonds. The summed E-state index contributed by atoms with van der Waals surface area (Å²) in [6.45, 7) is 6.81. The summed E-state index contributed by atoms with van der Waals surface area (Å²) < 4.78 is 5.51. The van der Waals surface area contributed by atoms with Crippen molar-refractivity contribution in [1.82, 2.24) is 0 Å². The lowest BCUT2D eigenvalue weighted by Gasteiger charge is -2.28. The number of anilines is 1. The van der Waals surface area contributed by atoms with E-state index in [0.29, 0.717) is 13.2 Å². The van der Waals surface area contributed by atoms with E-state index in [1.807, 2.05) is 19.1 Å². The third-order valence-corrected chi connectivity index (χ3v) is 2.25. The zero-order valence-electron chi connectivity index (χ0n) is 8.16. The maximum Gasteiger partial charge on any atom is 0.146 e. The highest BCUT2D eigenvalue weighted by molar-refractivity contribution is 5.76. The summed E-state index contributed by atoms with van der Waals surface area (Å²) in [5.41, 5.74) is 2.71. The molecule has 0 saturated heterocycles. The second-order valence-electron chi connectivity index (χ2n) is 3.33. The van der Waals surface area contributed by atoms with Gasteiger partial charge in [-0.15, -0.1) is 0 Å². The SMILES string of the molecule is C=Nc1cc(C)cc2c1N(N)CCO2. The van der Waals surface area contributed by atoms with Crippen LogP contribution < -0.4 is 15.6 Å². The zero-order chi connectivity index (χ0) is 10.1. The van der Waals surface area contributed by atoms with Crippen molar-refractivity contribution in [3.8, 4) is 5.75 Å². The summed E-state index contributed by atoms with van der Waals surface area (Å²) in [6.07, 6.45) is 0. The van der Waals surface area contributed by atoms with Crippen molar-refractivity contribution in [2.75, 3.05) is 18.2 Å². The van der Waals surface area contributed by atoms with Gasteiger partial charge in [0.15, 0.2) is 0 Å². The van der Waals surface area contributed by atoms with Gasteiger partial charge < -0.3 is 9.75 Å². The molecule has 1 heterocycles. The van der Waals surface area contributed by atoms with Gasteiger partial charge in [0, 0.05) is 0 Å². The molecule has 0 aromatic heterocycles. The molecule has 1 aromatic carbocycles. The van der Waals surface area contributed by atoms with Gasteiger partial charge in [-0.05, 0) is 31.3 Å². The van der Waals surface area contributed by atoms with Gasteiger partial charge in [0.05, 0.1) is 12.2 Å². The molecule has 0 unspecified atom stereocenters. The van der Waals surface area contributed by atoms with E-state index in [1.54, 1.807) is 5.01 Å². The van der Waals surface area contributed by atoms with Gasteiger partial charge in [-0.1, -0.05) is 0 Å². The molecule has 1 aliphatic heterocycles. The van der Waals surface area contributed by atoms with E-state index in [4.69, 9.17) is 10.6 Å². The zero-order valence-corrected chi connectivity index (χ0v) is 8.16. The molecule has 0 aliphatic carbocycles. The van der Waals surface area contributed by atoms with E-state index in [0.717, 1.165) is 22.7 Å². The average Bonchev–Trinajstić information content (AvgIpc) is 2.16. The van der Waals surface area contributed by atoms with Crippen molar-refractivity contribution >= 4 is 18.1 Å². The third kappa shape index (κ3) is 1.33. The molecule has 0 bridgehead atoms. The van der Waals surface area contributed by atoms with Gasteiger partial charge in [-0.3, -0.25) is 4.99 Å². The lowest BCUT2D eigenvalue weighted by Crippen LogP contribution is -2.38. The second-order valence-corrected chi connectivity index (χ2v) is 3.33. The Balaban J connectivity index is 2.61. The predicted octanol–water partition coefficient (Wildman–Crippen LogP) is 1.40. The van der Waals surface area contributed by atoms with Crippen LogP contribution in [-0.4, -0.2) is 19.9 Å². The topological polar surface area (TPSA) is 50.8 Å². The van der Waals surface area contributed by atoms with Crippen molar-refractivity contribution in [2.24, 2.45) is 10.8 Å². The third-order valence-electron chi connectivity index (χ3n) is 2.25. The molecule has 4 heteroatoms. The first kappa shape index (κ1) is 9.02. The van der Waals surface area contributed by atoms with Crippen molar-refractivity contribution in [1.29, 1.82) is 0 Å². The highest BCUT2D eigenvalue weighted by Crippen LogP contribution is 2.39. The quantitative estimate of drug-likeness (QED) is 0.539. The lowest BCUT2D eigenvalue weighted by molar-refractivity contribution is 0.308. The Hall–Kier alpha value is -1.55. The molecule has 1 aromatic rings. The highest BCUT2D eigenvalue weighted by Gasteiger charge is 2.19. The monoisotopic (exact) mass is 191 g/mol. The second kappa shape index (κ2) is 3.31. The molecule has 4 nitrogen and oxygen atoms in total. The van der Waals surface area contributed by atoms with Crippen LogP contribution >= 0.6 is 0 Å². The van der Waals surface area contributed by atoms with Gasteiger partial charge in [-0.25, -0.2) is 5.84 Å². The molecular formula is C10H13N3O. The van der Waals surface area contributed by atoms with Crippen LogP contribution in [0.15, 0.2) is 17.1 Å². The van der Waals surface area contributed by atoms with Crippen molar-refractivity contribution in [3.63, 3.8) is 0 Å². The number of rotatable bonds is 1. The van der Waals surface area contributed by atoms with Crippen molar-refractivity contribution in [3.05, 3.63) is 17.7 Å². The highest BCUT2D eigenvalue weighted by atomic mass is 16.5. The Labute approximate surface area is 83.0 Å². The number of hydrazine groups is 1. The number of nitrogens with zero attached hydrogens (tertiary/aromatic N) is 2. The van der Waals surface area contributed by atoms with Crippen LogP contribution in [0.2, 0.25) is 0 Å². The number of ether oxygens (including phenoxy) is 1. The molecule has 0 atom stereocenters. The van der Waals surface area contributed by atoms with E-state index in [1.165, 1.54) is 0 Å². The standard InChI is InChI=1S/C10H13N3O/c1-7-5-8(12-2)10-9(6-7)14-4-3-13(10)11/h5-6H,2-4,11H2,1H3. The van der Waals surface area contributed by atoms with Crippen LogP contribution in [0.3, 0.4) is 0 Å². The number of aliphatic imine (C=N–C) groups is 1. The molecule has 2 rings (SSSR count). The van der Waals surface area contributed by atoms with E-state index in [9.17, 15) is 0 Å². The smallest absolute Gasteiger partial charge is 0.146 e. The van der Waals surface area contributed by atoms with Gasteiger partial charge >= 0.3 is 0 Å². The van der Waals surface area contributed by atoms with Crippen LogP contribution in [0.25, 0.3) is 0 Å². The summed E-state index contributed by atoms with van der Waals surface area (Å²) in [5, 5.41) is 1.66. The van der Waals surface area contributed by atoms with E-state index in [-0.39, 0.29) is 0 Å². The maximum absolute atomic E-state index is 5.84. The molecule has 0 saturated carbocycles. The Bertz CT molecular complexity index is 376. The van der Waals surface area contributed by atoms with E-state index < -0.39 is 0 Å². The molecular weight excluding hydrogens is 178 g/mol. The molecule has 2 N–H and O–H groups in total. The Morgan fingerprint density at radius 3 is 3.07 bits per heavy atom. The minimum absolute atomic E-state index is 0.615. The minimum atomic E-state index is 0.615. The summed E-state index contributed by atoms with van der Waals surface area (Å²) in [5.74, 6) is 6.63. The summed E-state index contributed by atoms with van der Waals surface area (Å²) in [6, 6.07) is 3.91. The summed E-state index contributed by atoms with van der Waals surface area (Å²) >= 11 is 0. The Morgan fingerprint density at radius 2 is 2.36 bits per heavy atom. The lowest BCUT2D eigenvalue weighted by atomic mass is 10.1. The van der Waals surface area contributed by atoms with Crippen LogP contribution in [0, 0.1) is 6.92 Å². The van der Waals surface area contributed by atoms with Gasteiger partial charge in [-0.2, -0.15) is 0 Å². The Morgan fingerprint density at radius 1 is 1.57 bits per heavy atom. The maximum atomic E-state index is 5.84. The Kier molecular flexibility index (Phi) is 2.13.